The van der Waals surface area contributed by atoms with Gasteiger partial charge in [-0.15, -0.1) is 0 Å². The van der Waals surface area contributed by atoms with Gasteiger partial charge in [-0.1, -0.05) is 0 Å². The first-order valence-corrected chi connectivity index (χ1v) is 9.00. The van der Waals surface area contributed by atoms with Crippen LogP contribution in [0.15, 0.2) is 12.1 Å². The summed E-state index contributed by atoms with van der Waals surface area (Å²) in [5.41, 5.74) is -0.984. The molecule has 7 nitrogen and oxygen atoms in total. The van der Waals surface area contributed by atoms with Crippen molar-refractivity contribution in [2.75, 3.05) is 13.1 Å². The second-order valence-electron chi connectivity index (χ2n) is 7.93. The Labute approximate surface area is 161 Å². The van der Waals surface area contributed by atoms with Crippen molar-refractivity contribution in [2.45, 2.75) is 51.2 Å². The molecule has 0 unspecified atom stereocenters. The van der Waals surface area contributed by atoms with E-state index in [0.717, 1.165) is 12.1 Å². The van der Waals surface area contributed by atoms with Gasteiger partial charge in [-0.3, -0.25) is 14.9 Å². The molecule has 0 aliphatic carbocycles. The highest BCUT2D eigenvalue weighted by atomic mass is 19.1. The molecule has 1 atom stereocenters. The summed E-state index contributed by atoms with van der Waals surface area (Å²) in [4.78, 5) is 36.4. The Hall–Kier alpha value is -2.71. The maximum Gasteiger partial charge on any atom is 0.410 e. The lowest BCUT2D eigenvalue weighted by Crippen LogP contribution is -2.57. The average molecular weight is 396 g/mol. The molecule has 9 heteroatoms. The molecule has 1 N–H and O–H groups in total. The molecule has 3 rings (SSSR count). The Balaban J connectivity index is 1.62. The van der Waals surface area contributed by atoms with Crippen molar-refractivity contribution in [3.05, 3.63) is 29.3 Å². The number of halogens is 2. The van der Waals surface area contributed by atoms with Gasteiger partial charge in [0.2, 0.25) is 11.8 Å². The molecule has 152 valence electrons. The van der Waals surface area contributed by atoms with Gasteiger partial charge in [-0.25, -0.2) is 13.6 Å². The second-order valence-corrected chi connectivity index (χ2v) is 7.93. The number of carbonyl (C=O) groups is 3. The van der Waals surface area contributed by atoms with Crippen molar-refractivity contribution in [1.82, 2.24) is 10.2 Å². The Morgan fingerprint density at radius 2 is 1.79 bits per heavy atom. The molecular weight excluding hydrogens is 374 g/mol. The second kappa shape index (κ2) is 7.37. The predicted molar refractivity (Wildman–Crippen MR) is 93.7 cm³/mol. The van der Waals surface area contributed by atoms with Gasteiger partial charge < -0.3 is 14.4 Å². The number of amides is 3. The fourth-order valence-corrected chi connectivity index (χ4v) is 3.11. The lowest BCUT2D eigenvalue weighted by atomic mass is 9.89. The number of hydrogen-bond donors (Lipinski definition) is 1. The monoisotopic (exact) mass is 396 g/mol. The van der Waals surface area contributed by atoms with E-state index in [-0.39, 0.29) is 37.2 Å². The Bertz CT molecular complexity index is 792. The van der Waals surface area contributed by atoms with Crippen LogP contribution < -0.4 is 10.1 Å². The van der Waals surface area contributed by atoms with E-state index in [2.05, 4.69) is 5.32 Å². The minimum Gasteiger partial charge on any atom is -0.487 e. The number of piperidine rings is 1. The van der Waals surface area contributed by atoms with Crippen molar-refractivity contribution in [3.8, 4) is 5.75 Å². The number of hydrogen-bond acceptors (Lipinski definition) is 5. The zero-order valence-electron chi connectivity index (χ0n) is 15.9. The van der Waals surface area contributed by atoms with Gasteiger partial charge >= 0.3 is 6.09 Å². The highest BCUT2D eigenvalue weighted by molar-refractivity contribution is 6.01. The molecule has 2 heterocycles. The van der Waals surface area contributed by atoms with Crippen LogP contribution in [0.1, 0.15) is 45.1 Å². The molecular formula is C19H22F2N2O5. The zero-order chi connectivity index (χ0) is 20.6. The van der Waals surface area contributed by atoms with Crippen LogP contribution in [0.25, 0.3) is 0 Å². The average Bonchev–Trinajstić information content (AvgIpc) is 2.50. The number of nitrogens with one attached hydrogen (secondary N) is 1. The number of ether oxygens (including phenoxy) is 2. The van der Waals surface area contributed by atoms with Gasteiger partial charge in [-0.05, 0) is 27.2 Å². The third-order valence-corrected chi connectivity index (χ3v) is 4.44. The molecule has 1 aromatic rings. The van der Waals surface area contributed by atoms with Gasteiger partial charge in [0.25, 0.3) is 0 Å². The van der Waals surface area contributed by atoms with Crippen molar-refractivity contribution >= 4 is 17.9 Å². The molecule has 0 saturated carbocycles. The number of carbonyl (C=O) groups excluding carboxylic acids is 3. The Kier molecular flexibility index (Phi) is 5.27. The van der Waals surface area contributed by atoms with Crippen LogP contribution in [0.4, 0.5) is 13.6 Å². The summed E-state index contributed by atoms with van der Waals surface area (Å²) >= 11 is 0. The Morgan fingerprint density at radius 3 is 2.32 bits per heavy atom. The normalized spacial score (nSPS) is 20.5. The van der Waals surface area contributed by atoms with Crippen LogP contribution in [0.2, 0.25) is 0 Å². The minimum atomic E-state index is -1.06. The molecule has 0 aromatic heterocycles. The number of imide groups is 1. The maximum absolute atomic E-state index is 14.5. The predicted octanol–water partition coefficient (Wildman–Crippen LogP) is 2.48. The summed E-state index contributed by atoms with van der Waals surface area (Å²) in [5.74, 6) is -4.07. The van der Waals surface area contributed by atoms with Crippen LogP contribution in [-0.4, -0.2) is 47.6 Å². The summed E-state index contributed by atoms with van der Waals surface area (Å²) in [6, 6.07) is 2.02. The van der Waals surface area contributed by atoms with Gasteiger partial charge in [0.1, 0.15) is 29.1 Å². The summed E-state index contributed by atoms with van der Waals surface area (Å²) in [6.45, 7) is 5.76. The van der Waals surface area contributed by atoms with Gasteiger partial charge in [0.05, 0.1) is 19.0 Å². The summed E-state index contributed by atoms with van der Waals surface area (Å²) in [6.07, 6.45) is -0.812. The van der Waals surface area contributed by atoms with Crippen LogP contribution in [0.5, 0.6) is 5.75 Å². The van der Waals surface area contributed by atoms with Crippen LogP contribution >= 0.6 is 0 Å². The van der Waals surface area contributed by atoms with Crippen molar-refractivity contribution in [3.63, 3.8) is 0 Å². The van der Waals surface area contributed by atoms with E-state index in [1.807, 2.05) is 0 Å². The largest absolute Gasteiger partial charge is 0.487 e. The third kappa shape index (κ3) is 4.40. The van der Waals surface area contributed by atoms with Gasteiger partial charge in [-0.2, -0.15) is 0 Å². The van der Waals surface area contributed by atoms with Gasteiger partial charge in [0, 0.05) is 24.1 Å². The van der Waals surface area contributed by atoms with E-state index in [1.54, 1.807) is 20.8 Å². The molecule has 0 spiro atoms. The highest BCUT2D eigenvalue weighted by Crippen LogP contribution is 2.32. The first-order valence-electron chi connectivity index (χ1n) is 9.00. The van der Waals surface area contributed by atoms with E-state index >= 15 is 0 Å². The van der Waals surface area contributed by atoms with E-state index in [9.17, 15) is 23.2 Å². The molecule has 0 radical (unpaired) electrons. The van der Waals surface area contributed by atoms with E-state index < -0.39 is 47.2 Å². The fourth-order valence-electron chi connectivity index (χ4n) is 3.11. The van der Waals surface area contributed by atoms with E-state index in [1.165, 1.54) is 4.90 Å². The van der Waals surface area contributed by atoms with Gasteiger partial charge in [0.15, 0.2) is 0 Å². The van der Waals surface area contributed by atoms with Crippen LogP contribution in [-0.2, 0) is 14.3 Å². The molecule has 2 fully saturated rings. The number of benzene rings is 1. The van der Waals surface area contributed by atoms with Crippen LogP contribution in [0, 0.1) is 11.6 Å². The van der Waals surface area contributed by atoms with Crippen molar-refractivity contribution < 1.29 is 32.6 Å². The molecule has 2 aliphatic heterocycles. The van der Waals surface area contributed by atoms with E-state index in [4.69, 9.17) is 9.47 Å². The quantitative estimate of drug-likeness (QED) is 0.794. The fraction of sp³-hybridized carbons (Fsp3) is 0.526. The molecule has 2 saturated heterocycles. The first-order chi connectivity index (χ1) is 13.0. The molecule has 28 heavy (non-hydrogen) atoms. The summed E-state index contributed by atoms with van der Waals surface area (Å²) in [7, 11) is 0. The maximum atomic E-state index is 14.5. The Morgan fingerprint density at radius 1 is 1.18 bits per heavy atom. The third-order valence-electron chi connectivity index (χ3n) is 4.44. The molecule has 1 aromatic carbocycles. The highest BCUT2D eigenvalue weighted by Gasteiger charge is 2.36. The molecule has 3 amide bonds. The zero-order valence-corrected chi connectivity index (χ0v) is 15.9. The number of likely N-dealkylation sites (tertiary alicyclic amines) is 1. The standard InChI is InChI=1S/C19H22F2N2O5/c1-19(2,3)28-18(26)23-8-11(9-23)27-10-6-13(20)16(14(21)7-10)12-4-5-15(24)22-17(12)25/h6-7,11-12H,4-5,8-9H2,1-3H3,(H,22,24,25)/t12-/m1/s1. The topological polar surface area (TPSA) is 84.9 Å². The molecule has 2 aliphatic rings. The SMILES string of the molecule is CC(C)(C)OC(=O)N1CC(Oc2cc(F)c([C@H]3CCC(=O)NC3=O)c(F)c2)C1. The number of rotatable bonds is 3. The lowest BCUT2D eigenvalue weighted by molar-refractivity contribution is -0.134. The van der Waals surface area contributed by atoms with Crippen LogP contribution in [0.3, 0.4) is 0 Å². The smallest absolute Gasteiger partial charge is 0.410 e. The summed E-state index contributed by atoms with van der Waals surface area (Å²) in [5, 5.41) is 2.09. The summed E-state index contributed by atoms with van der Waals surface area (Å²) < 4.78 is 39.7. The molecule has 0 bridgehead atoms. The number of nitrogens with zero attached hydrogens (tertiary/aromatic N) is 1. The van der Waals surface area contributed by atoms with Crippen molar-refractivity contribution in [1.29, 1.82) is 0 Å². The van der Waals surface area contributed by atoms with E-state index in [0.29, 0.717) is 0 Å². The first kappa shape index (κ1) is 20.0. The minimum absolute atomic E-state index is 0.0239. The van der Waals surface area contributed by atoms with Crippen molar-refractivity contribution in [2.24, 2.45) is 0 Å². The lowest BCUT2D eigenvalue weighted by Gasteiger charge is -2.39.